The number of urea groups is 1. The summed E-state index contributed by atoms with van der Waals surface area (Å²) in [7, 11) is 0. The van der Waals surface area contributed by atoms with Crippen molar-refractivity contribution in [3.63, 3.8) is 0 Å². The lowest BCUT2D eigenvalue weighted by molar-refractivity contribution is -0.135. The van der Waals surface area contributed by atoms with Crippen LogP contribution in [0.4, 0.5) is 4.79 Å². The van der Waals surface area contributed by atoms with Gasteiger partial charge in [0.25, 0.3) is 5.91 Å². The lowest BCUT2D eigenvalue weighted by Gasteiger charge is -2.35. The molecule has 7 nitrogen and oxygen atoms in total. The van der Waals surface area contributed by atoms with Crippen LogP contribution >= 0.6 is 0 Å². The molecule has 1 fully saturated rings. The minimum absolute atomic E-state index is 0.0401. The highest BCUT2D eigenvalue weighted by Crippen LogP contribution is 2.15. The van der Waals surface area contributed by atoms with E-state index < -0.39 is 12.1 Å². The first-order valence-electron chi connectivity index (χ1n) is 8.59. The van der Waals surface area contributed by atoms with Gasteiger partial charge in [-0.25, -0.2) is 4.79 Å². The van der Waals surface area contributed by atoms with Crippen molar-refractivity contribution in [2.24, 2.45) is 11.7 Å². The largest absolute Gasteiger partial charge is 0.352 e. The number of nitrogens with zero attached hydrogens (tertiary/aromatic N) is 1. The van der Waals surface area contributed by atoms with Gasteiger partial charge < -0.3 is 21.3 Å². The van der Waals surface area contributed by atoms with E-state index in [1.807, 2.05) is 32.0 Å². The third kappa shape index (κ3) is 5.20. The fourth-order valence-electron chi connectivity index (χ4n) is 2.97. The second-order valence-corrected chi connectivity index (χ2v) is 6.67. The number of hydrogen-bond acceptors (Lipinski definition) is 3. The molecule has 1 aromatic carbocycles. The van der Waals surface area contributed by atoms with Gasteiger partial charge in [0.2, 0.25) is 5.91 Å². The molecule has 1 aliphatic heterocycles. The first kappa shape index (κ1) is 18.8. The van der Waals surface area contributed by atoms with Crippen LogP contribution in [-0.2, 0) is 4.79 Å². The van der Waals surface area contributed by atoms with Crippen molar-refractivity contribution < 1.29 is 14.4 Å². The van der Waals surface area contributed by atoms with E-state index in [1.54, 1.807) is 17.0 Å². The van der Waals surface area contributed by atoms with E-state index in [9.17, 15) is 14.4 Å². The topological polar surface area (TPSA) is 105 Å². The first-order chi connectivity index (χ1) is 11.9. The van der Waals surface area contributed by atoms with Crippen molar-refractivity contribution in [2.45, 2.75) is 38.8 Å². The van der Waals surface area contributed by atoms with Crippen LogP contribution in [0.5, 0.6) is 0 Å². The quantitative estimate of drug-likeness (QED) is 0.743. The van der Waals surface area contributed by atoms with Crippen molar-refractivity contribution in [3.05, 3.63) is 35.9 Å². The van der Waals surface area contributed by atoms with Gasteiger partial charge in [-0.05, 0) is 30.9 Å². The van der Waals surface area contributed by atoms with Gasteiger partial charge in [0, 0.05) is 24.7 Å². The molecule has 0 spiro atoms. The number of carbonyl (C=O) groups is 3. The number of benzene rings is 1. The minimum Gasteiger partial charge on any atom is -0.352 e. The van der Waals surface area contributed by atoms with Gasteiger partial charge >= 0.3 is 6.03 Å². The molecule has 1 heterocycles. The average Bonchev–Trinajstić information content (AvgIpc) is 2.60. The lowest BCUT2D eigenvalue weighted by atomic mass is 9.99. The second kappa shape index (κ2) is 8.50. The van der Waals surface area contributed by atoms with Gasteiger partial charge in [0.05, 0.1) is 0 Å². The molecule has 1 unspecified atom stereocenters. The van der Waals surface area contributed by atoms with Crippen LogP contribution in [-0.4, -0.2) is 47.9 Å². The van der Waals surface area contributed by atoms with Crippen molar-refractivity contribution >= 4 is 17.8 Å². The van der Waals surface area contributed by atoms with Gasteiger partial charge in [0.1, 0.15) is 6.04 Å². The smallest absolute Gasteiger partial charge is 0.312 e. The van der Waals surface area contributed by atoms with Crippen molar-refractivity contribution in [1.29, 1.82) is 0 Å². The molecule has 4 N–H and O–H groups in total. The maximum absolute atomic E-state index is 12.6. The first-order valence-corrected chi connectivity index (χ1v) is 8.59. The summed E-state index contributed by atoms with van der Waals surface area (Å²) in [5, 5.41) is 5.53. The Kier molecular flexibility index (Phi) is 6.38. The van der Waals surface area contributed by atoms with E-state index in [-0.39, 0.29) is 23.8 Å². The lowest BCUT2D eigenvalue weighted by Crippen LogP contribution is -2.55. The highest BCUT2D eigenvalue weighted by molar-refractivity contribution is 5.94. The van der Waals surface area contributed by atoms with E-state index in [1.165, 1.54) is 0 Å². The summed E-state index contributed by atoms with van der Waals surface area (Å²) in [6, 6.07) is 7.80. The summed E-state index contributed by atoms with van der Waals surface area (Å²) < 4.78 is 0. The van der Waals surface area contributed by atoms with E-state index >= 15 is 0 Å². The Bertz CT molecular complexity index is 610. The summed E-state index contributed by atoms with van der Waals surface area (Å²) in [5.41, 5.74) is 5.79. The molecule has 25 heavy (non-hydrogen) atoms. The Morgan fingerprint density at radius 1 is 1.12 bits per heavy atom. The van der Waals surface area contributed by atoms with Gasteiger partial charge in [-0.3, -0.25) is 9.59 Å². The van der Waals surface area contributed by atoms with Crippen LogP contribution in [0, 0.1) is 5.92 Å². The number of hydrogen-bond donors (Lipinski definition) is 3. The monoisotopic (exact) mass is 346 g/mol. The summed E-state index contributed by atoms with van der Waals surface area (Å²) in [6.07, 6.45) is 1.37. The summed E-state index contributed by atoms with van der Waals surface area (Å²) >= 11 is 0. The molecule has 0 bridgehead atoms. The molecular formula is C18H26N4O3. The maximum Gasteiger partial charge on any atom is 0.312 e. The van der Waals surface area contributed by atoms with Crippen molar-refractivity contribution in [3.8, 4) is 0 Å². The Morgan fingerprint density at radius 2 is 1.72 bits per heavy atom. The Morgan fingerprint density at radius 3 is 2.24 bits per heavy atom. The number of nitrogens with one attached hydrogen (secondary N) is 2. The molecule has 0 saturated carbocycles. The zero-order chi connectivity index (χ0) is 18.4. The van der Waals surface area contributed by atoms with Gasteiger partial charge in [-0.1, -0.05) is 32.0 Å². The molecule has 0 aromatic heterocycles. The molecule has 1 atom stereocenters. The number of nitrogens with two attached hydrogens (primary N) is 1. The van der Waals surface area contributed by atoms with Crippen LogP contribution in [0.3, 0.4) is 0 Å². The summed E-state index contributed by atoms with van der Waals surface area (Å²) in [4.78, 5) is 37.6. The van der Waals surface area contributed by atoms with Crippen molar-refractivity contribution in [1.82, 2.24) is 15.5 Å². The van der Waals surface area contributed by atoms with Crippen LogP contribution in [0.2, 0.25) is 0 Å². The fraction of sp³-hybridized carbons (Fsp3) is 0.500. The maximum atomic E-state index is 12.6. The Hall–Kier alpha value is -2.57. The van der Waals surface area contributed by atoms with Crippen LogP contribution in [0.1, 0.15) is 37.0 Å². The standard InChI is InChI=1S/C18H26N4O3/c1-12(2)15(21-18(19)25)17(24)22-10-8-14(9-11-22)20-16(23)13-6-4-3-5-7-13/h3-7,12,14-15H,8-11H2,1-2H3,(H,20,23)(H3,19,21,25). The Balaban J connectivity index is 1.87. The molecule has 4 amide bonds. The van der Waals surface area contributed by atoms with Gasteiger partial charge in [-0.15, -0.1) is 0 Å². The molecule has 1 aromatic rings. The SMILES string of the molecule is CC(C)C(NC(N)=O)C(=O)N1CCC(NC(=O)c2ccccc2)CC1. The molecule has 7 heteroatoms. The third-order valence-electron chi connectivity index (χ3n) is 4.41. The molecule has 0 radical (unpaired) electrons. The number of amides is 4. The normalized spacial score (nSPS) is 16.4. The highest BCUT2D eigenvalue weighted by Gasteiger charge is 2.31. The van der Waals surface area contributed by atoms with Gasteiger partial charge in [-0.2, -0.15) is 0 Å². The molecule has 2 rings (SSSR count). The number of carbonyl (C=O) groups excluding carboxylic acids is 3. The zero-order valence-electron chi connectivity index (χ0n) is 14.7. The number of primary amides is 1. The van der Waals surface area contributed by atoms with E-state index in [2.05, 4.69) is 10.6 Å². The summed E-state index contributed by atoms with van der Waals surface area (Å²) in [5.74, 6) is -0.266. The van der Waals surface area contributed by atoms with E-state index in [0.29, 0.717) is 31.5 Å². The number of piperidine rings is 1. The minimum atomic E-state index is -0.697. The molecular weight excluding hydrogens is 320 g/mol. The zero-order valence-corrected chi connectivity index (χ0v) is 14.7. The second-order valence-electron chi connectivity index (χ2n) is 6.67. The summed E-state index contributed by atoms with van der Waals surface area (Å²) in [6.45, 7) is 4.82. The van der Waals surface area contributed by atoms with Crippen LogP contribution in [0.15, 0.2) is 30.3 Å². The molecule has 136 valence electrons. The van der Waals surface area contributed by atoms with E-state index in [4.69, 9.17) is 5.73 Å². The predicted molar refractivity (Wildman–Crippen MR) is 94.9 cm³/mol. The highest BCUT2D eigenvalue weighted by atomic mass is 16.2. The Labute approximate surface area is 147 Å². The number of likely N-dealkylation sites (tertiary alicyclic amines) is 1. The van der Waals surface area contributed by atoms with Gasteiger partial charge in [0.15, 0.2) is 0 Å². The molecule has 1 aliphatic rings. The number of rotatable bonds is 5. The van der Waals surface area contributed by atoms with E-state index in [0.717, 1.165) is 0 Å². The fourth-order valence-corrected chi connectivity index (χ4v) is 2.97. The molecule has 0 aliphatic carbocycles. The average molecular weight is 346 g/mol. The predicted octanol–water partition coefficient (Wildman–Crippen LogP) is 1.10. The van der Waals surface area contributed by atoms with Crippen LogP contribution in [0.25, 0.3) is 0 Å². The van der Waals surface area contributed by atoms with Crippen LogP contribution < -0.4 is 16.4 Å². The van der Waals surface area contributed by atoms with Crippen molar-refractivity contribution in [2.75, 3.05) is 13.1 Å². The molecule has 1 saturated heterocycles. The third-order valence-corrected chi connectivity index (χ3v) is 4.41.